The fourth-order valence-electron chi connectivity index (χ4n) is 6.69. The second-order valence-corrected chi connectivity index (χ2v) is 13.8. The molecular formula is C38H55F2N3O5. The van der Waals surface area contributed by atoms with Gasteiger partial charge in [0.1, 0.15) is 18.2 Å². The van der Waals surface area contributed by atoms with Crippen molar-refractivity contribution in [1.29, 1.82) is 0 Å². The molecule has 0 spiro atoms. The molecule has 0 radical (unpaired) electrons. The van der Waals surface area contributed by atoms with E-state index in [1.54, 1.807) is 24.0 Å². The van der Waals surface area contributed by atoms with E-state index < -0.39 is 29.7 Å². The summed E-state index contributed by atoms with van der Waals surface area (Å²) in [5.74, 6) is -1.13. The largest absolute Gasteiger partial charge is 0.391 e. The lowest BCUT2D eigenvalue weighted by Crippen LogP contribution is -2.46. The molecule has 1 saturated carbocycles. The first-order chi connectivity index (χ1) is 22.8. The number of aliphatic hydroxyl groups excluding tert-OH is 1. The van der Waals surface area contributed by atoms with E-state index in [0.29, 0.717) is 36.4 Å². The molecule has 0 aliphatic heterocycles. The molecule has 3 rings (SSSR count). The van der Waals surface area contributed by atoms with Crippen molar-refractivity contribution in [3.8, 4) is 0 Å². The summed E-state index contributed by atoms with van der Waals surface area (Å²) in [7, 11) is 0. The van der Waals surface area contributed by atoms with Crippen molar-refractivity contribution in [2.75, 3.05) is 26.2 Å². The van der Waals surface area contributed by atoms with Gasteiger partial charge in [-0.1, -0.05) is 41.0 Å². The van der Waals surface area contributed by atoms with Crippen molar-refractivity contribution in [3.63, 3.8) is 0 Å². The first kappa shape index (κ1) is 39.1. The quantitative estimate of drug-likeness (QED) is 0.185. The maximum Gasteiger partial charge on any atom is 0.253 e. The molecule has 3 amide bonds. The number of hydrogen-bond acceptors (Lipinski definition) is 5. The molecule has 266 valence electrons. The second-order valence-electron chi connectivity index (χ2n) is 13.8. The predicted octanol–water partition coefficient (Wildman–Crippen LogP) is 6.22. The SMILES string of the molecule is CCCN(CCC)C(=O)c1cc(C)cc(C(=O)N[C@@H](Cc2cc(F)cc(F)c2)[C@H](O)CCNC(=O)CO[C@@H]2C[C@H](C)CC[C@H]2C(C)C)c1. The van der Waals surface area contributed by atoms with E-state index in [1.165, 1.54) is 6.07 Å². The molecule has 0 bridgehead atoms. The molecule has 0 aromatic heterocycles. The summed E-state index contributed by atoms with van der Waals surface area (Å²) in [5.41, 5.74) is 1.59. The molecule has 2 aromatic rings. The number of aryl methyl sites for hydroxylation is 1. The van der Waals surface area contributed by atoms with Crippen molar-refractivity contribution in [3.05, 3.63) is 70.3 Å². The number of halogens is 2. The molecule has 5 atom stereocenters. The Morgan fingerprint density at radius 2 is 1.62 bits per heavy atom. The number of nitrogens with one attached hydrogen (secondary N) is 2. The van der Waals surface area contributed by atoms with E-state index >= 15 is 0 Å². The van der Waals surface area contributed by atoms with Gasteiger partial charge in [-0.05, 0) is 105 Å². The molecule has 1 aliphatic carbocycles. The minimum absolute atomic E-state index is 0.0233. The fraction of sp³-hybridized carbons (Fsp3) is 0.605. The molecule has 8 nitrogen and oxygen atoms in total. The maximum atomic E-state index is 14.0. The van der Waals surface area contributed by atoms with Gasteiger partial charge in [-0.3, -0.25) is 14.4 Å². The highest BCUT2D eigenvalue weighted by molar-refractivity contribution is 6.00. The number of carbonyl (C=O) groups is 3. The Morgan fingerprint density at radius 3 is 2.25 bits per heavy atom. The Morgan fingerprint density at radius 1 is 0.979 bits per heavy atom. The van der Waals surface area contributed by atoms with Crippen LogP contribution in [0.15, 0.2) is 36.4 Å². The Balaban J connectivity index is 1.69. The van der Waals surface area contributed by atoms with E-state index in [0.717, 1.165) is 55.9 Å². The Hall–Kier alpha value is -3.37. The zero-order valence-electron chi connectivity index (χ0n) is 29.5. The molecular weight excluding hydrogens is 616 g/mol. The summed E-state index contributed by atoms with van der Waals surface area (Å²) in [4.78, 5) is 41.3. The summed E-state index contributed by atoms with van der Waals surface area (Å²) in [6, 6.07) is 7.05. The van der Waals surface area contributed by atoms with Crippen molar-refractivity contribution < 1.29 is 33.0 Å². The van der Waals surface area contributed by atoms with Gasteiger partial charge < -0.3 is 25.4 Å². The number of benzene rings is 2. The fourth-order valence-corrected chi connectivity index (χ4v) is 6.69. The van der Waals surface area contributed by atoms with E-state index in [4.69, 9.17) is 4.74 Å². The van der Waals surface area contributed by atoms with E-state index in [1.807, 2.05) is 13.8 Å². The highest BCUT2D eigenvalue weighted by Crippen LogP contribution is 2.35. The van der Waals surface area contributed by atoms with Crippen molar-refractivity contribution >= 4 is 17.7 Å². The first-order valence-corrected chi connectivity index (χ1v) is 17.5. The van der Waals surface area contributed by atoms with Crippen LogP contribution < -0.4 is 10.6 Å². The van der Waals surface area contributed by atoms with Crippen LogP contribution in [0.4, 0.5) is 8.78 Å². The summed E-state index contributed by atoms with van der Waals surface area (Å²) in [6.07, 6.45) is 3.63. The number of carbonyl (C=O) groups excluding carboxylic acids is 3. The highest BCUT2D eigenvalue weighted by atomic mass is 19.1. The summed E-state index contributed by atoms with van der Waals surface area (Å²) >= 11 is 0. The molecule has 10 heteroatoms. The maximum absolute atomic E-state index is 14.0. The summed E-state index contributed by atoms with van der Waals surface area (Å²) in [6.45, 7) is 13.6. The van der Waals surface area contributed by atoms with Crippen molar-refractivity contribution in [1.82, 2.24) is 15.5 Å². The van der Waals surface area contributed by atoms with Crippen LogP contribution in [0.1, 0.15) is 105 Å². The third-order valence-electron chi connectivity index (χ3n) is 9.17. The van der Waals surface area contributed by atoms with Gasteiger partial charge in [-0.25, -0.2) is 8.78 Å². The van der Waals surface area contributed by atoms with E-state index in [-0.39, 0.29) is 55.0 Å². The standard InChI is InChI=1S/C38H55F2N3O5/c1-7-13-43(14-8-2)38(47)29-16-26(6)15-28(21-29)37(46)42-33(20-27-18-30(39)22-31(40)19-27)34(44)11-12-41-36(45)23-48-35-17-25(5)9-10-32(35)24(3)4/h15-16,18-19,21-22,24-25,32-35,44H,7-14,17,20,23H2,1-6H3,(H,41,45)(H,42,46)/t25-,32+,33+,34-,35-/m1/s1. The van der Waals surface area contributed by atoms with Crippen molar-refractivity contribution in [2.45, 2.75) is 105 Å². The summed E-state index contributed by atoms with van der Waals surface area (Å²) < 4.78 is 34.1. The number of hydrogen-bond donors (Lipinski definition) is 3. The lowest BCUT2D eigenvalue weighted by molar-refractivity contribution is -0.131. The van der Waals surface area contributed by atoms with Gasteiger partial charge in [-0.15, -0.1) is 0 Å². The molecule has 1 fully saturated rings. The van der Waals surface area contributed by atoms with Crippen molar-refractivity contribution in [2.24, 2.45) is 17.8 Å². The van der Waals surface area contributed by atoms with Crippen LogP contribution in [0.25, 0.3) is 0 Å². The third-order valence-corrected chi connectivity index (χ3v) is 9.17. The number of amides is 3. The van der Waals surface area contributed by atoms with Gasteiger partial charge >= 0.3 is 0 Å². The Bertz CT molecular complexity index is 1340. The smallest absolute Gasteiger partial charge is 0.253 e. The van der Waals surface area contributed by atoms with Gasteiger partial charge in [0, 0.05) is 36.8 Å². The van der Waals surface area contributed by atoms with Gasteiger partial charge in [0.25, 0.3) is 11.8 Å². The van der Waals surface area contributed by atoms with Gasteiger partial charge in [0.2, 0.25) is 5.91 Å². The van der Waals surface area contributed by atoms with Crippen LogP contribution in [0.2, 0.25) is 0 Å². The van der Waals surface area contributed by atoms with Gasteiger partial charge in [0.15, 0.2) is 0 Å². The number of ether oxygens (including phenoxy) is 1. The van der Waals surface area contributed by atoms with Crippen LogP contribution in [-0.2, 0) is 16.0 Å². The predicted molar refractivity (Wildman–Crippen MR) is 184 cm³/mol. The molecule has 0 saturated heterocycles. The highest BCUT2D eigenvalue weighted by Gasteiger charge is 2.32. The zero-order chi connectivity index (χ0) is 35.4. The normalized spacial score (nSPS) is 19.1. The van der Waals surface area contributed by atoms with Gasteiger partial charge in [-0.2, -0.15) is 0 Å². The monoisotopic (exact) mass is 671 g/mol. The molecule has 3 N–H and O–H groups in total. The minimum Gasteiger partial charge on any atom is -0.391 e. The average molecular weight is 672 g/mol. The Labute approximate surface area is 285 Å². The number of aliphatic hydroxyl groups is 1. The third kappa shape index (κ3) is 11.9. The first-order valence-electron chi connectivity index (χ1n) is 17.5. The van der Waals surface area contributed by atoms with E-state index in [2.05, 4.69) is 31.4 Å². The molecule has 0 heterocycles. The van der Waals surface area contributed by atoms with Crippen LogP contribution in [-0.4, -0.2) is 72.2 Å². The molecule has 2 aromatic carbocycles. The topological polar surface area (TPSA) is 108 Å². The zero-order valence-corrected chi connectivity index (χ0v) is 29.5. The van der Waals surface area contributed by atoms with Gasteiger partial charge in [0.05, 0.1) is 18.2 Å². The molecule has 0 unspecified atom stereocenters. The van der Waals surface area contributed by atoms with Crippen LogP contribution >= 0.6 is 0 Å². The van der Waals surface area contributed by atoms with Crippen LogP contribution in [0.5, 0.6) is 0 Å². The number of nitrogens with zero attached hydrogens (tertiary/aromatic N) is 1. The number of rotatable bonds is 17. The average Bonchev–Trinajstić information content (AvgIpc) is 3.02. The van der Waals surface area contributed by atoms with Crippen LogP contribution in [0.3, 0.4) is 0 Å². The lowest BCUT2D eigenvalue weighted by atomic mass is 9.75. The minimum atomic E-state index is -1.17. The summed E-state index contributed by atoms with van der Waals surface area (Å²) in [5, 5.41) is 16.8. The second kappa shape index (κ2) is 19.0. The lowest BCUT2D eigenvalue weighted by Gasteiger charge is -2.37. The van der Waals surface area contributed by atoms with Crippen LogP contribution in [0, 0.1) is 36.3 Å². The Kier molecular flexibility index (Phi) is 15.5. The van der Waals surface area contributed by atoms with E-state index in [9.17, 15) is 28.3 Å². The molecule has 1 aliphatic rings. The molecule has 48 heavy (non-hydrogen) atoms.